The molecule has 6 rings (SSSR count). The third-order valence-corrected chi connectivity index (χ3v) is 6.84. The monoisotopic (exact) mass is 404 g/mol. The number of nitrogens with zero attached hydrogens (tertiary/aromatic N) is 7. The fourth-order valence-electron chi connectivity index (χ4n) is 5.11. The molecule has 0 atom stereocenters. The normalized spacial score (nSPS) is 25.6. The van der Waals surface area contributed by atoms with Crippen LogP contribution in [0.5, 0.6) is 0 Å². The fourth-order valence-corrected chi connectivity index (χ4v) is 5.11. The molecule has 0 saturated heterocycles. The minimum absolute atomic E-state index is 0.398. The molecule has 154 valence electrons. The third-order valence-electron chi connectivity index (χ3n) is 6.84. The van der Waals surface area contributed by atoms with Crippen molar-refractivity contribution in [2.75, 3.05) is 12.4 Å². The SMILES string of the molecule is COC1CC2(C1)CC(n1nc(C)c3cnc(Nc4cn5ncnc5cc4C)nc31)C2. The van der Waals surface area contributed by atoms with Crippen LogP contribution >= 0.6 is 0 Å². The molecule has 4 aromatic rings. The molecule has 0 amide bonds. The summed E-state index contributed by atoms with van der Waals surface area (Å²) in [6, 6.07) is 2.39. The van der Waals surface area contributed by atoms with Gasteiger partial charge in [-0.15, -0.1) is 0 Å². The molecule has 0 bridgehead atoms. The second-order valence-corrected chi connectivity index (χ2v) is 8.85. The van der Waals surface area contributed by atoms with E-state index in [0.29, 0.717) is 23.5 Å². The number of aryl methyl sites for hydroxylation is 2. The number of hydrogen-bond acceptors (Lipinski definition) is 7. The van der Waals surface area contributed by atoms with Gasteiger partial charge in [0.05, 0.1) is 35.1 Å². The number of rotatable bonds is 4. The number of ether oxygens (including phenoxy) is 1. The number of aromatic nitrogens is 7. The molecule has 0 radical (unpaired) electrons. The molecule has 2 saturated carbocycles. The van der Waals surface area contributed by atoms with E-state index in [1.54, 1.807) is 10.8 Å². The smallest absolute Gasteiger partial charge is 0.229 e. The van der Waals surface area contributed by atoms with Crippen molar-refractivity contribution in [3.63, 3.8) is 0 Å². The standard InChI is InChI=1S/C21H24N8O/c1-12-4-18-23-11-24-28(18)10-17(12)25-20-22-9-16-13(2)27-29(19(16)26-20)14-5-21(6-14)7-15(8-21)30-3/h4,9-11,14-15H,5-8H2,1-3H3,(H,22,25,26). The van der Waals surface area contributed by atoms with Crippen molar-refractivity contribution in [1.29, 1.82) is 0 Å². The lowest BCUT2D eigenvalue weighted by molar-refractivity contribution is -0.122. The molecular weight excluding hydrogens is 380 g/mol. The Morgan fingerprint density at radius 3 is 2.80 bits per heavy atom. The lowest BCUT2D eigenvalue weighted by atomic mass is 9.53. The average molecular weight is 404 g/mol. The van der Waals surface area contributed by atoms with E-state index in [-0.39, 0.29) is 0 Å². The third kappa shape index (κ3) is 2.61. The molecule has 0 unspecified atom stereocenters. The van der Waals surface area contributed by atoms with Gasteiger partial charge in [-0.3, -0.25) is 0 Å². The van der Waals surface area contributed by atoms with E-state index in [2.05, 4.69) is 25.1 Å². The van der Waals surface area contributed by atoms with Gasteiger partial charge in [0.15, 0.2) is 11.3 Å². The van der Waals surface area contributed by atoms with E-state index >= 15 is 0 Å². The highest BCUT2D eigenvalue weighted by Gasteiger charge is 2.54. The second kappa shape index (κ2) is 6.21. The number of hydrogen-bond donors (Lipinski definition) is 1. The molecular formula is C21H24N8O. The van der Waals surface area contributed by atoms with Gasteiger partial charge in [-0.2, -0.15) is 15.2 Å². The maximum atomic E-state index is 5.47. The highest BCUT2D eigenvalue weighted by Crippen LogP contribution is 2.61. The maximum Gasteiger partial charge on any atom is 0.229 e. The summed E-state index contributed by atoms with van der Waals surface area (Å²) in [6.07, 6.45) is 10.4. The number of anilines is 2. The summed E-state index contributed by atoms with van der Waals surface area (Å²) in [5, 5.41) is 13.4. The maximum absolute atomic E-state index is 5.47. The van der Waals surface area contributed by atoms with Crippen LogP contribution in [0.2, 0.25) is 0 Å². The average Bonchev–Trinajstić information content (AvgIpc) is 3.24. The van der Waals surface area contributed by atoms with E-state index in [0.717, 1.165) is 46.5 Å². The van der Waals surface area contributed by atoms with Crippen LogP contribution in [0, 0.1) is 19.3 Å². The van der Waals surface area contributed by atoms with Gasteiger partial charge >= 0.3 is 0 Å². The molecule has 9 nitrogen and oxygen atoms in total. The van der Waals surface area contributed by atoms with Crippen molar-refractivity contribution in [1.82, 2.24) is 34.3 Å². The van der Waals surface area contributed by atoms with E-state index in [1.807, 2.05) is 39.4 Å². The quantitative estimate of drug-likeness (QED) is 0.557. The van der Waals surface area contributed by atoms with Crippen molar-refractivity contribution in [2.24, 2.45) is 5.41 Å². The zero-order valence-corrected chi connectivity index (χ0v) is 17.3. The van der Waals surface area contributed by atoms with Crippen LogP contribution in [-0.2, 0) is 4.74 Å². The van der Waals surface area contributed by atoms with Crippen LogP contribution in [0.3, 0.4) is 0 Å². The Labute approximate surface area is 173 Å². The van der Waals surface area contributed by atoms with Gasteiger partial charge in [-0.25, -0.2) is 19.2 Å². The Morgan fingerprint density at radius 2 is 2.00 bits per heavy atom. The first-order valence-corrected chi connectivity index (χ1v) is 10.4. The first kappa shape index (κ1) is 17.8. The lowest BCUT2D eigenvalue weighted by Crippen LogP contribution is -2.51. The topological polar surface area (TPSA) is 95.0 Å². The van der Waals surface area contributed by atoms with Crippen LogP contribution in [0.4, 0.5) is 11.6 Å². The molecule has 1 spiro atoms. The highest BCUT2D eigenvalue weighted by molar-refractivity contribution is 5.79. The summed E-state index contributed by atoms with van der Waals surface area (Å²) < 4.78 is 9.32. The Hall–Kier alpha value is -3.07. The number of pyridine rings is 1. The summed E-state index contributed by atoms with van der Waals surface area (Å²) >= 11 is 0. The molecule has 9 heteroatoms. The molecule has 2 aliphatic carbocycles. The van der Waals surface area contributed by atoms with Crippen molar-refractivity contribution in [2.45, 2.75) is 51.7 Å². The fraction of sp³-hybridized carbons (Fsp3) is 0.476. The van der Waals surface area contributed by atoms with Crippen molar-refractivity contribution >= 4 is 28.3 Å². The largest absolute Gasteiger partial charge is 0.381 e. The summed E-state index contributed by atoms with van der Waals surface area (Å²) in [5.41, 5.74) is 5.10. The first-order valence-electron chi connectivity index (χ1n) is 10.4. The van der Waals surface area contributed by atoms with Crippen molar-refractivity contribution in [3.05, 3.63) is 36.0 Å². The molecule has 1 N–H and O–H groups in total. The van der Waals surface area contributed by atoms with Crippen LogP contribution < -0.4 is 5.32 Å². The summed E-state index contributed by atoms with van der Waals surface area (Å²) in [5.74, 6) is 0.559. The molecule has 4 aromatic heterocycles. The molecule has 0 aromatic carbocycles. The van der Waals surface area contributed by atoms with Gasteiger partial charge in [-0.05, 0) is 56.6 Å². The number of fused-ring (bicyclic) bond motifs is 2. The molecule has 2 aliphatic rings. The Morgan fingerprint density at radius 1 is 1.17 bits per heavy atom. The molecule has 4 heterocycles. The zero-order chi connectivity index (χ0) is 20.5. The lowest BCUT2D eigenvalue weighted by Gasteiger charge is -2.57. The molecule has 2 fully saturated rings. The Bertz CT molecular complexity index is 1260. The summed E-state index contributed by atoms with van der Waals surface area (Å²) in [6.45, 7) is 4.06. The van der Waals surface area contributed by atoms with E-state index in [9.17, 15) is 0 Å². The molecule has 30 heavy (non-hydrogen) atoms. The van der Waals surface area contributed by atoms with Crippen molar-refractivity contribution < 1.29 is 4.74 Å². The van der Waals surface area contributed by atoms with Gasteiger partial charge < -0.3 is 10.1 Å². The predicted molar refractivity (Wildman–Crippen MR) is 112 cm³/mol. The van der Waals surface area contributed by atoms with E-state index < -0.39 is 0 Å². The Kier molecular flexibility index (Phi) is 3.68. The minimum atomic E-state index is 0.398. The van der Waals surface area contributed by atoms with Gasteiger partial charge in [-0.1, -0.05) is 0 Å². The molecule has 0 aliphatic heterocycles. The summed E-state index contributed by atoms with van der Waals surface area (Å²) in [4.78, 5) is 13.6. The van der Waals surface area contributed by atoms with Gasteiger partial charge in [0.2, 0.25) is 5.95 Å². The Balaban J connectivity index is 1.30. The van der Waals surface area contributed by atoms with Gasteiger partial charge in [0.1, 0.15) is 6.33 Å². The predicted octanol–water partition coefficient (Wildman–Crippen LogP) is 3.36. The van der Waals surface area contributed by atoms with E-state index in [1.165, 1.54) is 12.8 Å². The van der Waals surface area contributed by atoms with Crippen LogP contribution in [0.1, 0.15) is 43.0 Å². The van der Waals surface area contributed by atoms with Gasteiger partial charge in [0, 0.05) is 13.3 Å². The highest BCUT2D eigenvalue weighted by atomic mass is 16.5. The number of methoxy groups -OCH3 is 1. The van der Waals surface area contributed by atoms with Gasteiger partial charge in [0.25, 0.3) is 0 Å². The van der Waals surface area contributed by atoms with Crippen molar-refractivity contribution in [3.8, 4) is 0 Å². The first-order chi connectivity index (χ1) is 14.5. The second-order valence-electron chi connectivity index (χ2n) is 8.85. The van der Waals surface area contributed by atoms with Crippen LogP contribution in [0.15, 0.2) is 24.8 Å². The van der Waals surface area contributed by atoms with Crippen LogP contribution in [0.25, 0.3) is 16.7 Å². The summed E-state index contributed by atoms with van der Waals surface area (Å²) in [7, 11) is 1.81. The zero-order valence-electron chi connectivity index (χ0n) is 17.3. The van der Waals surface area contributed by atoms with E-state index in [4.69, 9.17) is 14.8 Å². The number of nitrogens with one attached hydrogen (secondary N) is 1. The minimum Gasteiger partial charge on any atom is -0.381 e. The van der Waals surface area contributed by atoms with Crippen LogP contribution in [-0.4, -0.2) is 47.6 Å².